The van der Waals surface area contributed by atoms with Crippen molar-refractivity contribution in [1.29, 1.82) is 0 Å². The van der Waals surface area contributed by atoms with Gasteiger partial charge < -0.3 is 5.32 Å². The van der Waals surface area contributed by atoms with Crippen LogP contribution >= 0.6 is 0 Å². The lowest BCUT2D eigenvalue weighted by Crippen LogP contribution is -2.42. The van der Waals surface area contributed by atoms with Gasteiger partial charge in [-0.25, -0.2) is 14.2 Å². The van der Waals surface area contributed by atoms with Gasteiger partial charge in [0.2, 0.25) is 5.95 Å². The zero-order valence-corrected chi connectivity index (χ0v) is 19.3. The van der Waals surface area contributed by atoms with Crippen LogP contribution in [0.25, 0.3) is 0 Å². The van der Waals surface area contributed by atoms with Gasteiger partial charge in [-0.1, -0.05) is 44.4 Å². The molecule has 1 aromatic heterocycles. The van der Waals surface area contributed by atoms with Crippen LogP contribution < -0.4 is 16.7 Å². The molecular formula is C24H24F6N4O2. The van der Waals surface area contributed by atoms with Crippen molar-refractivity contribution in [3.05, 3.63) is 86.2 Å². The molecule has 0 saturated heterocycles. The lowest BCUT2D eigenvalue weighted by molar-refractivity contribution is -0.138. The monoisotopic (exact) mass is 514 g/mol. The summed E-state index contributed by atoms with van der Waals surface area (Å²) in [7, 11) is 0. The molecule has 0 spiro atoms. The first kappa shape index (κ1) is 27.0. The molecular weight excluding hydrogens is 490 g/mol. The molecule has 12 heteroatoms. The van der Waals surface area contributed by atoms with Gasteiger partial charge in [0.1, 0.15) is 0 Å². The summed E-state index contributed by atoms with van der Waals surface area (Å²) in [5, 5.41) is 2.58. The number of anilines is 2. The summed E-state index contributed by atoms with van der Waals surface area (Å²) in [5.74, 6) is -0.325. The maximum absolute atomic E-state index is 13.2. The van der Waals surface area contributed by atoms with Crippen molar-refractivity contribution >= 4 is 11.6 Å². The lowest BCUT2D eigenvalue weighted by Gasteiger charge is -2.17. The van der Waals surface area contributed by atoms with Crippen molar-refractivity contribution in [3.8, 4) is 0 Å². The Balaban J connectivity index is 2.02. The minimum Gasteiger partial charge on any atom is -0.325 e. The fraction of sp³-hybridized carbons (Fsp3) is 0.375. The number of nitrogens with zero attached hydrogens (tertiary/aromatic N) is 3. The highest BCUT2D eigenvalue weighted by Gasteiger charge is 2.31. The highest BCUT2D eigenvalue weighted by atomic mass is 19.4. The van der Waals surface area contributed by atoms with Crippen molar-refractivity contribution in [2.75, 3.05) is 5.32 Å². The van der Waals surface area contributed by atoms with E-state index in [1.165, 1.54) is 18.2 Å². The van der Waals surface area contributed by atoms with Gasteiger partial charge in [0, 0.05) is 12.2 Å². The van der Waals surface area contributed by atoms with Crippen LogP contribution in [0.4, 0.5) is 38.0 Å². The third-order valence-electron chi connectivity index (χ3n) is 5.45. The predicted molar refractivity (Wildman–Crippen MR) is 122 cm³/mol. The Morgan fingerprint density at radius 1 is 0.833 bits per heavy atom. The quantitative estimate of drug-likeness (QED) is 0.289. The Morgan fingerprint density at radius 3 is 2.11 bits per heavy atom. The summed E-state index contributed by atoms with van der Waals surface area (Å²) < 4.78 is 80.0. The van der Waals surface area contributed by atoms with Crippen LogP contribution in [0.3, 0.4) is 0 Å². The van der Waals surface area contributed by atoms with Crippen LogP contribution in [0.5, 0.6) is 0 Å². The maximum Gasteiger partial charge on any atom is 0.416 e. The number of benzene rings is 2. The Bertz CT molecular complexity index is 1290. The Morgan fingerprint density at radius 2 is 1.50 bits per heavy atom. The van der Waals surface area contributed by atoms with E-state index >= 15 is 0 Å². The first-order chi connectivity index (χ1) is 16.9. The number of alkyl halides is 6. The van der Waals surface area contributed by atoms with Gasteiger partial charge in [0.05, 0.1) is 17.7 Å². The van der Waals surface area contributed by atoms with Crippen LogP contribution in [-0.4, -0.2) is 14.1 Å². The largest absolute Gasteiger partial charge is 0.416 e. The molecule has 2 aromatic carbocycles. The van der Waals surface area contributed by atoms with E-state index < -0.39 is 34.9 Å². The van der Waals surface area contributed by atoms with E-state index in [-0.39, 0.29) is 24.7 Å². The topological polar surface area (TPSA) is 68.9 Å². The SMILES string of the molecule is CCCCCCn1c(=O)nc(Nc2cccc(C(F)(F)F)c2)n(Cc2ccc(C(F)(F)F)cc2)c1=O. The first-order valence-corrected chi connectivity index (χ1v) is 11.2. The average Bonchev–Trinajstić information content (AvgIpc) is 2.80. The lowest BCUT2D eigenvalue weighted by atomic mass is 10.1. The van der Waals surface area contributed by atoms with Crippen molar-refractivity contribution in [2.24, 2.45) is 0 Å². The second-order valence-corrected chi connectivity index (χ2v) is 8.20. The minimum atomic E-state index is -4.62. The summed E-state index contributed by atoms with van der Waals surface area (Å²) in [6.45, 7) is 1.82. The molecule has 36 heavy (non-hydrogen) atoms. The number of unbranched alkanes of at least 4 members (excludes halogenated alkanes) is 3. The molecule has 0 aliphatic heterocycles. The molecule has 0 atom stereocenters. The van der Waals surface area contributed by atoms with E-state index in [9.17, 15) is 35.9 Å². The summed E-state index contributed by atoms with van der Waals surface area (Å²) in [5.41, 5.74) is -3.25. The van der Waals surface area contributed by atoms with Crippen molar-refractivity contribution < 1.29 is 26.3 Å². The molecule has 1 N–H and O–H groups in total. The van der Waals surface area contributed by atoms with Crippen LogP contribution in [0, 0.1) is 0 Å². The molecule has 0 radical (unpaired) electrons. The summed E-state index contributed by atoms with van der Waals surface area (Å²) in [6.07, 6.45) is -6.02. The fourth-order valence-electron chi connectivity index (χ4n) is 3.54. The minimum absolute atomic E-state index is 0.0713. The molecule has 0 aliphatic rings. The second-order valence-electron chi connectivity index (χ2n) is 8.20. The summed E-state index contributed by atoms with van der Waals surface area (Å²) in [6, 6.07) is 8.19. The highest BCUT2D eigenvalue weighted by Crippen LogP contribution is 2.31. The summed E-state index contributed by atoms with van der Waals surface area (Å²) >= 11 is 0. The molecule has 0 unspecified atom stereocenters. The van der Waals surface area contributed by atoms with Crippen LogP contribution in [0.2, 0.25) is 0 Å². The van der Waals surface area contributed by atoms with Gasteiger partial charge >= 0.3 is 23.7 Å². The van der Waals surface area contributed by atoms with E-state index in [1.807, 2.05) is 6.92 Å². The molecule has 0 aliphatic carbocycles. The summed E-state index contributed by atoms with van der Waals surface area (Å²) in [4.78, 5) is 29.7. The zero-order valence-electron chi connectivity index (χ0n) is 19.3. The Hall–Kier alpha value is -3.57. The van der Waals surface area contributed by atoms with Crippen molar-refractivity contribution in [2.45, 2.75) is 58.0 Å². The van der Waals surface area contributed by atoms with Gasteiger partial charge in [-0.05, 0) is 42.3 Å². The standard InChI is InChI=1S/C24H24F6N4O2/c1-2-3-4-5-13-33-21(35)32-20(31-19-8-6-7-18(14-19)24(28,29)30)34(22(33)36)15-16-9-11-17(12-10-16)23(25,26)27/h6-12,14H,2-5,13,15H2,1H3,(H,31,32,35). The number of rotatable bonds is 9. The van der Waals surface area contributed by atoms with E-state index in [1.54, 1.807) is 0 Å². The molecule has 0 saturated carbocycles. The van der Waals surface area contributed by atoms with Crippen LogP contribution in [0.15, 0.2) is 58.1 Å². The molecule has 6 nitrogen and oxygen atoms in total. The first-order valence-electron chi connectivity index (χ1n) is 11.2. The maximum atomic E-state index is 13.2. The number of halogens is 6. The predicted octanol–water partition coefficient (Wildman–Crippen LogP) is 5.81. The number of hydrogen-bond acceptors (Lipinski definition) is 4. The van der Waals surface area contributed by atoms with Crippen molar-refractivity contribution in [3.63, 3.8) is 0 Å². The fourth-order valence-corrected chi connectivity index (χ4v) is 3.54. The molecule has 0 fully saturated rings. The van der Waals surface area contributed by atoms with Crippen LogP contribution in [0.1, 0.15) is 49.3 Å². The van der Waals surface area contributed by atoms with Crippen LogP contribution in [-0.2, 0) is 25.4 Å². The Labute approximate surface area is 202 Å². The van der Waals surface area contributed by atoms with E-state index in [0.29, 0.717) is 12.0 Å². The van der Waals surface area contributed by atoms with Gasteiger partial charge in [-0.3, -0.25) is 4.57 Å². The average molecular weight is 514 g/mol. The third kappa shape index (κ3) is 6.76. The van der Waals surface area contributed by atoms with E-state index in [2.05, 4.69) is 10.3 Å². The molecule has 3 aromatic rings. The number of aromatic nitrogens is 3. The highest BCUT2D eigenvalue weighted by molar-refractivity contribution is 5.55. The van der Waals surface area contributed by atoms with Gasteiger partial charge in [0.15, 0.2) is 0 Å². The molecule has 1 heterocycles. The zero-order chi connectivity index (χ0) is 26.5. The third-order valence-corrected chi connectivity index (χ3v) is 5.45. The van der Waals surface area contributed by atoms with Gasteiger partial charge in [-0.2, -0.15) is 31.3 Å². The smallest absolute Gasteiger partial charge is 0.325 e. The molecule has 0 bridgehead atoms. The van der Waals surface area contributed by atoms with Crippen molar-refractivity contribution in [1.82, 2.24) is 14.1 Å². The van der Waals surface area contributed by atoms with E-state index in [4.69, 9.17) is 0 Å². The van der Waals surface area contributed by atoms with Gasteiger partial charge in [-0.15, -0.1) is 0 Å². The number of hydrogen-bond donors (Lipinski definition) is 1. The second kappa shape index (κ2) is 11.0. The van der Waals surface area contributed by atoms with Gasteiger partial charge in [0.25, 0.3) is 0 Å². The molecule has 0 amide bonds. The number of nitrogens with one attached hydrogen (secondary N) is 1. The Kier molecular flexibility index (Phi) is 8.26. The van der Waals surface area contributed by atoms with E-state index in [0.717, 1.165) is 58.7 Å². The molecule has 3 rings (SSSR count). The molecule has 194 valence electrons. The normalized spacial score (nSPS) is 12.1.